The highest BCUT2D eigenvalue weighted by Gasteiger charge is 2.35. The van der Waals surface area contributed by atoms with Crippen molar-refractivity contribution in [3.8, 4) is 0 Å². The van der Waals surface area contributed by atoms with Crippen molar-refractivity contribution in [1.82, 2.24) is 10.2 Å². The van der Waals surface area contributed by atoms with E-state index < -0.39 is 11.6 Å². The van der Waals surface area contributed by atoms with Gasteiger partial charge in [-0.05, 0) is 32.1 Å². The van der Waals surface area contributed by atoms with E-state index in [1.54, 1.807) is 20.9 Å². The Morgan fingerprint density at radius 1 is 1.24 bits per heavy atom. The van der Waals surface area contributed by atoms with Gasteiger partial charge in [-0.2, -0.15) is 0 Å². The fraction of sp³-hybridized carbons (Fsp3) is 0.867. The van der Waals surface area contributed by atoms with E-state index in [1.807, 2.05) is 0 Å². The Labute approximate surface area is 126 Å². The van der Waals surface area contributed by atoms with Crippen molar-refractivity contribution in [2.45, 2.75) is 58.0 Å². The van der Waals surface area contributed by atoms with Gasteiger partial charge in [-0.15, -0.1) is 0 Å². The fourth-order valence-corrected chi connectivity index (χ4v) is 3.09. The van der Waals surface area contributed by atoms with E-state index in [4.69, 9.17) is 5.11 Å². The molecule has 3 N–H and O–H groups in total. The molecule has 0 saturated heterocycles. The summed E-state index contributed by atoms with van der Waals surface area (Å²) in [4.78, 5) is 24.6. The van der Waals surface area contributed by atoms with E-state index in [2.05, 4.69) is 5.32 Å². The summed E-state index contributed by atoms with van der Waals surface area (Å²) < 4.78 is 0. The number of likely N-dealkylation sites (N-methyl/N-ethyl adjacent to an activating group) is 1. The predicted octanol–water partition coefficient (Wildman–Crippen LogP) is 1.82. The highest BCUT2D eigenvalue weighted by Crippen LogP contribution is 2.38. The van der Waals surface area contributed by atoms with E-state index in [9.17, 15) is 14.7 Å². The van der Waals surface area contributed by atoms with E-state index in [0.29, 0.717) is 6.54 Å². The molecule has 0 aliphatic heterocycles. The van der Waals surface area contributed by atoms with Gasteiger partial charge in [0, 0.05) is 13.6 Å². The van der Waals surface area contributed by atoms with Crippen LogP contribution in [0.1, 0.15) is 52.4 Å². The molecule has 6 nitrogen and oxygen atoms in total. The Morgan fingerprint density at radius 2 is 1.81 bits per heavy atom. The Hall–Kier alpha value is -1.30. The van der Waals surface area contributed by atoms with Gasteiger partial charge < -0.3 is 20.4 Å². The van der Waals surface area contributed by atoms with Crippen molar-refractivity contribution in [3.05, 3.63) is 0 Å². The molecule has 0 heterocycles. The molecule has 21 heavy (non-hydrogen) atoms. The number of aliphatic hydroxyl groups is 1. The maximum Gasteiger partial charge on any atom is 0.317 e. The first-order chi connectivity index (χ1) is 9.64. The first-order valence-electron chi connectivity index (χ1n) is 7.57. The van der Waals surface area contributed by atoms with Gasteiger partial charge >= 0.3 is 12.0 Å². The maximum absolute atomic E-state index is 12.0. The zero-order chi connectivity index (χ0) is 16.1. The third-order valence-corrected chi connectivity index (χ3v) is 4.03. The Morgan fingerprint density at radius 3 is 2.29 bits per heavy atom. The molecule has 0 unspecified atom stereocenters. The van der Waals surface area contributed by atoms with Crippen LogP contribution >= 0.6 is 0 Å². The smallest absolute Gasteiger partial charge is 0.317 e. The molecule has 1 rings (SSSR count). The van der Waals surface area contributed by atoms with Gasteiger partial charge in [-0.25, -0.2) is 4.79 Å². The van der Waals surface area contributed by atoms with E-state index in [0.717, 1.165) is 32.1 Å². The number of aliphatic carboxylic acids is 1. The number of hydrogen-bond donors (Lipinski definition) is 3. The molecule has 6 heteroatoms. The van der Waals surface area contributed by atoms with Crippen LogP contribution in [-0.2, 0) is 4.79 Å². The van der Waals surface area contributed by atoms with Crippen LogP contribution in [0.4, 0.5) is 4.79 Å². The van der Waals surface area contributed by atoms with Crippen LogP contribution in [0.15, 0.2) is 0 Å². The van der Waals surface area contributed by atoms with Gasteiger partial charge in [-0.1, -0.05) is 19.3 Å². The third kappa shape index (κ3) is 6.33. The minimum absolute atomic E-state index is 0.0997. The monoisotopic (exact) mass is 300 g/mol. The topological polar surface area (TPSA) is 89.9 Å². The summed E-state index contributed by atoms with van der Waals surface area (Å²) >= 11 is 0. The summed E-state index contributed by atoms with van der Waals surface area (Å²) in [6.07, 6.45) is 4.95. The van der Waals surface area contributed by atoms with Gasteiger partial charge in [0.1, 0.15) is 0 Å². The van der Waals surface area contributed by atoms with Crippen LogP contribution in [0.25, 0.3) is 0 Å². The van der Waals surface area contributed by atoms with Crippen molar-refractivity contribution < 1.29 is 19.8 Å². The summed E-state index contributed by atoms with van der Waals surface area (Å²) in [5.74, 6) is -0.809. The number of carboxylic acids is 1. The number of carbonyl (C=O) groups excluding carboxylic acids is 1. The van der Waals surface area contributed by atoms with E-state index in [1.165, 1.54) is 4.90 Å². The molecule has 1 saturated carbocycles. The standard InChI is InChI=1S/C15H28N2O4/c1-14(2,21)11-17(3)13(20)16-10-15(9-12(18)19)7-5-4-6-8-15/h21H,4-11H2,1-3H3,(H,16,20)(H,18,19). The second kappa shape index (κ2) is 7.11. The molecule has 0 spiro atoms. The van der Waals surface area contributed by atoms with Gasteiger partial charge in [0.05, 0.1) is 18.6 Å². The highest BCUT2D eigenvalue weighted by molar-refractivity contribution is 5.74. The van der Waals surface area contributed by atoms with Crippen LogP contribution in [-0.4, -0.2) is 52.9 Å². The first kappa shape index (κ1) is 17.8. The van der Waals surface area contributed by atoms with Crippen molar-refractivity contribution >= 4 is 12.0 Å². The molecular formula is C15H28N2O4. The van der Waals surface area contributed by atoms with Crippen LogP contribution in [0.5, 0.6) is 0 Å². The number of hydrogen-bond acceptors (Lipinski definition) is 3. The second-order valence-corrected chi connectivity index (χ2v) is 6.96. The van der Waals surface area contributed by atoms with Crippen LogP contribution in [0.3, 0.4) is 0 Å². The number of nitrogens with zero attached hydrogens (tertiary/aromatic N) is 1. The van der Waals surface area contributed by atoms with Crippen LogP contribution in [0, 0.1) is 5.41 Å². The van der Waals surface area contributed by atoms with Gasteiger partial charge in [0.15, 0.2) is 0 Å². The predicted molar refractivity (Wildman–Crippen MR) is 80.1 cm³/mol. The summed E-state index contributed by atoms with van der Waals surface area (Å²) in [5, 5.41) is 21.7. The van der Waals surface area contributed by atoms with Crippen molar-refractivity contribution in [1.29, 1.82) is 0 Å². The number of amides is 2. The van der Waals surface area contributed by atoms with Crippen LogP contribution < -0.4 is 5.32 Å². The largest absolute Gasteiger partial charge is 0.481 e. The normalized spacial score (nSPS) is 18.1. The number of carbonyl (C=O) groups is 2. The average Bonchev–Trinajstić information content (AvgIpc) is 2.34. The molecule has 0 aromatic carbocycles. The molecule has 1 aliphatic rings. The summed E-state index contributed by atoms with van der Waals surface area (Å²) in [6.45, 7) is 3.90. The minimum atomic E-state index is -0.949. The molecule has 1 fully saturated rings. The maximum atomic E-state index is 12.0. The lowest BCUT2D eigenvalue weighted by Gasteiger charge is -2.37. The van der Waals surface area contributed by atoms with Crippen LogP contribution in [0.2, 0.25) is 0 Å². The number of rotatable bonds is 6. The van der Waals surface area contributed by atoms with Crippen molar-refractivity contribution in [2.75, 3.05) is 20.1 Å². The van der Waals surface area contributed by atoms with Crippen molar-refractivity contribution in [2.24, 2.45) is 5.41 Å². The van der Waals surface area contributed by atoms with Gasteiger partial charge in [0.2, 0.25) is 0 Å². The first-order valence-corrected chi connectivity index (χ1v) is 7.57. The summed E-state index contributed by atoms with van der Waals surface area (Å²) in [6, 6.07) is -0.271. The average molecular weight is 300 g/mol. The molecule has 122 valence electrons. The van der Waals surface area contributed by atoms with E-state index in [-0.39, 0.29) is 24.4 Å². The Balaban J connectivity index is 2.56. The van der Waals surface area contributed by atoms with Gasteiger partial charge in [-0.3, -0.25) is 4.79 Å². The SMILES string of the molecule is CN(CC(C)(C)O)C(=O)NCC1(CC(=O)O)CCCCC1. The molecule has 0 atom stereocenters. The molecule has 0 radical (unpaired) electrons. The zero-order valence-electron chi connectivity index (χ0n) is 13.3. The lowest BCUT2D eigenvalue weighted by molar-refractivity contribution is -0.140. The highest BCUT2D eigenvalue weighted by atomic mass is 16.4. The Kier molecular flexibility index (Phi) is 6.01. The lowest BCUT2D eigenvalue weighted by Crippen LogP contribution is -2.48. The molecule has 0 bridgehead atoms. The summed E-state index contributed by atoms with van der Waals surface area (Å²) in [7, 11) is 1.62. The second-order valence-electron chi connectivity index (χ2n) is 6.96. The van der Waals surface area contributed by atoms with Gasteiger partial charge in [0.25, 0.3) is 0 Å². The van der Waals surface area contributed by atoms with E-state index >= 15 is 0 Å². The number of urea groups is 1. The van der Waals surface area contributed by atoms with Crippen molar-refractivity contribution in [3.63, 3.8) is 0 Å². The quantitative estimate of drug-likeness (QED) is 0.698. The fourth-order valence-electron chi connectivity index (χ4n) is 3.09. The molecule has 0 aromatic heterocycles. The molecular weight excluding hydrogens is 272 g/mol. The molecule has 0 aromatic rings. The number of carboxylic acid groups (broad SMARTS) is 1. The zero-order valence-corrected chi connectivity index (χ0v) is 13.3. The number of nitrogens with one attached hydrogen (secondary N) is 1. The molecule has 1 aliphatic carbocycles. The minimum Gasteiger partial charge on any atom is -0.481 e. The third-order valence-electron chi connectivity index (χ3n) is 4.03. The Bertz CT molecular complexity index is 370. The lowest BCUT2D eigenvalue weighted by atomic mass is 9.72. The summed E-state index contributed by atoms with van der Waals surface area (Å²) in [5.41, 5.74) is -1.27. The molecule has 2 amide bonds.